The van der Waals surface area contributed by atoms with Gasteiger partial charge in [-0.2, -0.15) is 13.2 Å². The second-order valence-electron chi connectivity index (χ2n) is 7.32. The molecule has 2 rings (SSSR count). The van der Waals surface area contributed by atoms with Crippen LogP contribution in [0.15, 0.2) is 23.2 Å². The largest absolute Gasteiger partial charge is 0.461 e. The van der Waals surface area contributed by atoms with Gasteiger partial charge in [-0.25, -0.2) is 0 Å². The van der Waals surface area contributed by atoms with E-state index in [4.69, 9.17) is 16.3 Å². The minimum atomic E-state index is -4.59. The van der Waals surface area contributed by atoms with Crippen LogP contribution >= 0.6 is 11.6 Å². The molecular formula is C19H22ClF3O2. The van der Waals surface area contributed by atoms with Crippen LogP contribution in [0.2, 0.25) is 0 Å². The van der Waals surface area contributed by atoms with Crippen LogP contribution in [0, 0.1) is 38.0 Å². The highest BCUT2D eigenvalue weighted by Gasteiger charge is 2.62. The molecule has 0 aromatic heterocycles. The van der Waals surface area contributed by atoms with Crippen molar-refractivity contribution in [3.05, 3.63) is 45.5 Å². The Bertz CT molecular complexity index is 697. The predicted molar refractivity (Wildman–Crippen MR) is 91.2 cm³/mol. The average Bonchev–Trinajstić information content (AvgIpc) is 2.97. The summed E-state index contributed by atoms with van der Waals surface area (Å²) in [5.41, 5.74) is 3.51. The molecule has 1 saturated carbocycles. The topological polar surface area (TPSA) is 26.3 Å². The van der Waals surface area contributed by atoms with Crippen LogP contribution in [0.25, 0.3) is 0 Å². The Morgan fingerprint density at radius 1 is 1.24 bits per heavy atom. The monoisotopic (exact) mass is 374 g/mol. The molecule has 25 heavy (non-hydrogen) atoms. The van der Waals surface area contributed by atoms with E-state index < -0.39 is 34.4 Å². The normalized spacial score (nSPS) is 22.7. The van der Waals surface area contributed by atoms with Gasteiger partial charge in [-0.3, -0.25) is 4.79 Å². The molecule has 6 heteroatoms. The van der Waals surface area contributed by atoms with Crippen LogP contribution in [0.5, 0.6) is 0 Å². The lowest BCUT2D eigenvalue weighted by molar-refractivity contribution is -0.147. The summed E-state index contributed by atoms with van der Waals surface area (Å²) in [4.78, 5) is 12.3. The van der Waals surface area contributed by atoms with Crippen LogP contribution in [-0.2, 0) is 16.1 Å². The second kappa shape index (κ2) is 6.67. The van der Waals surface area contributed by atoms with E-state index in [1.165, 1.54) is 0 Å². The van der Waals surface area contributed by atoms with E-state index in [-0.39, 0.29) is 6.61 Å². The molecule has 138 valence electrons. The molecule has 0 heterocycles. The molecule has 0 spiro atoms. The fourth-order valence-electron chi connectivity index (χ4n) is 3.36. The maximum atomic E-state index is 12.6. The first-order chi connectivity index (χ1) is 11.4. The number of carbonyl (C=O) groups excluding carboxylic acids is 1. The van der Waals surface area contributed by atoms with E-state index in [0.29, 0.717) is 0 Å². The van der Waals surface area contributed by atoms with Gasteiger partial charge in [-0.05, 0) is 48.8 Å². The van der Waals surface area contributed by atoms with Crippen LogP contribution in [0.3, 0.4) is 0 Å². The number of ether oxygens (including phenoxy) is 1. The van der Waals surface area contributed by atoms with Gasteiger partial charge in [-0.15, -0.1) is 0 Å². The number of hydrogen-bond donors (Lipinski definition) is 0. The molecule has 1 aromatic carbocycles. The van der Waals surface area contributed by atoms with Crippen LogP contribution < -0.4 is 0 Å². The van der Waals surface area contributed by atoms with Crippen molar-refractivity contribution in [2.24, 2.45) is 17.3 Å². The number of rotatable bonds is 4. The Kier molecular flexibility index (Phi) is 5.29. The van der Waals surface area contributed by atoms with Crippen LogP contribution in [0.4, 0.5) is 13.2 Å². The van der Waals surface area contributed by atoms with Gasteiger partial charge in [0.25, 0.3) is 0 Å². The van der Waals surface area contributed by atoms with E-state index in [1.807, 2.05) is 32.9 Å². The number of hydrogen-bond acceptors (Lipinski definition) is 2. The summed E-state index contributed by atoms with van der Waals surface area (Å²) in [6, 6.07) is 4.01. The van der Waals surface area contributed by atoms with E-state index in [0.717, 1.165) is 28.3 Å². The molecule has 0 saturated heterocycles. The lowest BCUT2D eigenvalue weighted by Crippen LogP contribution is -2.12. The highest BCUT2D eigenvalue weighted by Crippen LogP contribution is 2.60. The number of esters is 1. The fraction of sp³-hybridized carbons (Fsp3) is 0.526. The molecule has 1 aliphatic rings. The Labute approximate surface area is 151 Å². The lowest BCUT2D eigenvalue weighted by atomic mass is 10.0. The van der Waals surface area contributed by atoms with Gasteiger partial charge in [0, 0.05) is 0 Å². The third-order valence-electron chi connectivity index (χ3n) is 4.96. The van der Waals surface area contributed by atoms with E-state index in [1.54, 1.807) is 13.8 Å². The van der Waals surface area contributed by atoms with Crippen molar-refractivity contribution >= 4 is 17.6 Å². The second-order valence-corrected chi connectivity index (χ2v) is 7.73. The van der Waals surface area contributed by atoms with Crippen LogP contribution in [-0.4, -0.2) is 12.1 Å². The van der Waals surface area contributed by atoms with Gasteiger partial charge in [0.2, 0.25) is 0 Å². The summed E-state index contributed by atoms with van der Waals surface area (Å²) in [5, 5.41) is -1.19. The van der Waals surface area contributed by atoms with Gasteiger partial charge in [0.1, 0.15) is 11.6 Å². The first-order valence-electron chi connectivity index (χ1n) is 8.03. The SMILES string of the molecule is Cc1cc(C)c(COC(=O)[C@H]2[C@@H](/C=C(\Cl)C(F)(F)F)C2(C)C)c(C)c1. The zero-order chi connectivity index (χ0) is 19.2. The minimum absolute atomic E-state index is 0.118. The van der Waals surface area contributed by atoms with Crippen molar-refractivity contribution in [3.63, 3.8) is 0 Å². The predicted octanol–water partition coefficient (Wildman–Crippen LogP) is 5.61. The van der Waals surface area contributed by atoms with E-state index >= 15 is 0 Å². The maximum absolute atomic E-state index is 12.6. The van der Waals surface area contributed by atoms with Gasteiger partial charge in [0.15, 0.2) is 0 Å². The van der Waals surface area contributed by atoms with Crippen molar-refractivity contribution in [1.29, 1.82) is 0 Å². The Hall–Kier alpha value is -1.49. The third-order valence-corrected chi connectivity index (χ3v) is 5.30. The molecular weight excluding hydrogens is 353 g/mol. The summed E-state index contributed by atoms with van der Waals surface area (Å²) in [5.74, 6) is -1.68. The minimum Gasteiger partial charge on any atom is -0.461 e. The first kappa shape index (κ1) is 19.8. The number of halogens is 4. The van der Waals surface area contributed by atoms with Gasteiger partial charge >= 0.3 is 12.1 Å². The summed E-state index contributed by atoms with van der Waals surface area (Å²) < 4.78 is 43.2. The standard InChI is InChI=1S/C19H22ClF3O2/c1-10-6-11(2)13(12(3)7-10)9-25-17(24)16-14(18(16,4)5)8-15(20)19(21,22)23/h6-8,14,16H,9H2,1-5H3/b15-8-/t14-,16-/m1/s1. The molecule has 0 unspecified atom stereocenters. The van der Waals surface area contributed by atoms with Gasteiger partial charge < -0.3 is 4.74 Å². The van der Waals surface area contributed by atoms with E-state index in [9.17, 15) is 18.0 Å². The van der Waals surface area contributed by atoms with Crippen molar-refractivity contribution in [3.8, 4) is 0 Å². The molecule has 1 aromatic rings. The van der Waals surface area contributed by atoms with Crippen molar-refractivity contribution in [2.45, 2.75) is 47.4 Å². The number of alkyl halides is 3. The Balaban J connectivity index is 2.07. The van der Waals surface area contributed by atoms with Crippen molar-refractivity contribution < 1.29 is 22.7 Å². The number of allylic oxidation sites excluding steroid dienone is 2. The molecule has 1 aliphatic carbocycles. The van der Waals surface area contributed by atoms with Crippen molar-refractivity contribution in [1.82, 2.24) is 0 Å². The molecule has 0 amide bonds. The average molecular weight is 375 g/mol. The summed E-state index contributed by atoms with van der Waals surface area (Å²) in [6.07, 6.45) is -3.67. The highest BCUT2D eigenvalue weighted by atomic mass is 35.5. The fourth-order valence-corrected chi connectivity index (χ4v) is 3.50. The van der Waals surface area contributed by atoms with Gasteiger partial charge in [0.05, 0.1) is 5.92 Å². The Morgan fingerprint density at radius 2 is 1.76 bits per heavy atom. The lowest BCUT2D eigenvalue weighted by Gasteiger charge is -2.12. The summed E-state index contributed by atoms with van der Waals surface area (Å²) in [7, 11) is 0. The zero-order valence-electron chi connectivity index (χ0n) is 14.9. The third kappa shape index (κ3) is 4.20. The molecule has 0 N–H and O–H groups in total. The quantitative estimate of drug-likeness (QED) is 0.640. The maximum Gasteiger partial charge on any atom is 0.426 e. The molecule has 0 radical (unpaired) electrons. The smallest absolute Gasteiger partial charge is 0.426 e. The molecule has 0 bridgehead atoms. The molecule has 1 fully saturated rings. The number of carbonyl (C=O) groups is 1. The Morgan fingerprint density at radius 3 is 2.24 bits per heavy atom. The van der Waals surface area contributed by atoms with Crippen LogP contribution in [0.1, 0.15) is 36.1 Å². The molecule has 0 aliphatic heterocycles. The van der Waals surface area contributed by atoms with Crippen molar-refractivity contribution in [2.75, 3.05) is 0 Å². The highest BCUT2D eigenvalue weighted by molar-refractivity contribution is 6.30. The summed E-state index contributed by atoms with van der Waals surface area (Å²) >= 11 is 5.30. The van der Waals surface area contributed by atoms with E-state index in [2.05, 4.69) is 0 Å². The summed E-state index contributed by atoms with van der Waals surface area (Å²) in [6.45, 7) is 9.47. The number of aryl methyl sites for hydroxylation is 3. The first-order valence-corrected chi connectivity index (χ1v) is 8.41. The molecule has 2 atom stereocenters. The zero-order valence-corrected chi connectivity index (χ0v) is 15.7. The molecule has 2 nitrogen and oxygen atoms in total. The van der Waals surface area contributed by atoms with Gasteiger partial charge in [-0.1, -0.05) is 49.2 Å². The number of benzene rings is 1.